The zero-order valence-corrected chi connectivity index (χ0v) is 12.7. The highest BCUT2D eigenvalue weighted by atomic mass is 16.2. The molecule has 0 aliphatic carbocycles. The second kappa shape index (κ2) is 6.26. The Morgan fingerprint density at radius 1 is 1.50 bits per heavy atom. The standard InChI is InChI=1S/C14H25N5O/c1-4-19-13(12(15)9-16-19)14(20)18(3)10-11-5-7-17(2)8-6-11/h9,11H,4-8,10,15H2,1-3H3. The van der Waals surface area contributed by atoms with Crippen molar-refractivity contribution in [2.45, 2.75) is 26.3 Å². The number of nitrogens with zero attached hydrogens (tertiary/aromatic N) is 4. The van der Waals surface area contributed by atoms with E-state index in [1.165, 1.54) is 0 Å². The van der Waals surface area contributed by atoms with E-state index in [0.29, 0.717) is 23.8 Å². The summed E-state index contributed by atoms with van der Waals surface area (Å²) in [5, 5.41) is 4.13. The Balaban J connectivity index is 2.00. The van der Waals surface area contributed by atoms with Gasteiger partial charge in [-0.15, -0.1) is 0 Å². The minimum atomic E-state index is -0.0271. The van der Waals surface area contributed by atoms with Crippen LogP contribution in [0, 0.1) is 5.92 Å². The number of piperidine rings is 1. The molecule has 0 bridgehead atoms. The van der Waals surface area contributed by atoms with Crippen molar-refractivity contribution in [1.82, 2.24) is 19.6 Å². The van der Waals surface area contributed by atoms with Crippen molar-refractivity contribution < 1.29 is 4.79 Å². The first kappa shape index (κ1) is 14.8. The predicted octanol–water partition coefficient (Wildman–Crippen LogP) is 0.899. The van der Waals surface area contributed by atoms with Gasteiger partial charge in [0.2, 0.25) is 0 Å². The SMILES string of the molecule is CCn1ncc(N)c1C(=O)N(C)CC1CCN(C)CC1. The molecule has 1 aliphatic rings. The van der Waals surface area contributed by atoms with Gasteiger partial charge < -0.3 is 15.5 Å². The molecule has 1 aliphatic heterocycles. The molecule has 2 heterocycles. The van der Waals surface area contributed by atoms with Crippen molar-refractivity contribution in [1.29, 1.82) is 0 Å². The second-order valence-corrected chi connectivity index (χ2v) is 5.70. The molecule has 1 aromatic rings. The molecule has 0 atom stereocenters. The third kappa shape index (κ3) is 3.12. The van der Waals surface area contributed by atoms with Crippen LogP contribution in [-0.4, -0.2) is 59.2 Å². The van der Waals surface area contributed by atoms with E-state index in [1.807, 2.05) is 14.0 Å². The normalized spacial score (nSPS) is 17.4. The Labute approximate surface area is 120 Å². The van der Waals surface area contributed by atoms with Crippen LogP contribution in [0.4, 0.5) is 5.69 Å². The first-order valence-electron chi connectivity index (χ1n) is 7.28. The fourth-order valence-electron chi connectivity index (χ4n) is 2.77. The lowest BCUT2D eigenvalue weighted by atomic mass is 9.96. The van der Waals surface area contributed by atoms with E-state index in [-0.39, 0.29) is 5.91 Å². The average Bonchev–Trinajstić information content (AvgIpc) is 2.81. The third-order valence-electron chi connectivity index (χ3n) is 4.09. The lowest BCUT2D eigenvalue weighted by molar-refractivity contribution is 0.0736. The van der Waals surface area contributed by atoms with E-state index in [2.05, 4.69) is 17.0 Å². The zero-order chi connectivity index (χ0) is 14.7. The van der Waals surface area contributed by atoms with Gasteiger partial charge in [0, 0.05) is 20.1 Å². The number of nitrogen functional groups attached to an aromatic ring is 1. The summed E-state index contributed by atoms with van der Waals surface area (Å²) >= 11 is 0. The minimum Gasteiger partial charge on any atom is -0.396 e. The molecule has 1 saturated heterocycles. The van der Waals surface area contributed by atoms with Crippen molar-refractivity contribution in [2.24, 2.45) is 5.92 Å². The smallest absolute Gasteiger partial charge is 0.274 e. The summed E-state index contributed by atoms with van der Waals surface area (Å²) < 4.78 is 1.67. The molecule has 0 saturated carbocycles. The summed E-state index contributed by atoms with van der Waals surface area (Å²) in [5.41, 5.74) is 6.85. The molecule has 6 nitrogen and oxygen atoms in total. The van der Waals surface area contributed by atoms with Crippen LogP contribution in [0.1, 0.15) is 30.3 Å². The van der Waals surface area contributed by atoms with E-state index >= 15 is 0 Å². The van der Waals surface area contributed by atoms with Gasteiger partial charge in [-0.3, -0.25) is 9.48 Å². The van der Waals surface area contributed by atoms with Crippen molar-refractivity contribution in [2.75, 3.05) is 39.5 Å². The largest absolute Gasteiger partial charge is 0.396 e. The van der Waals surface area contributed by atoms with E-state index in [4.69, 9.17) is 5.73 Å². The summed E-state index contributed by atoms with van der Waals surface area (Å²) in [6.45, 7) is 5.63. The van der Waals surface area contributed by atoms with E-state index in [1.54, 1.807) is 15.8 Å². The highest BCUT2D eigenvalue weighted by Crippen LogP contribution is 2.19. The topological polar surface area (TPSA) is 67.4 Å². The number of likely N-dealkylation sites (tertiary alicyclic amines) is 1. The van der Waals surface area contributed by atoms with Crippen molar-refractivity contribution in [3.8, 4) is 0 Å². The van der Waals surface area contributed by atoms with Gasteiger partial charge >= 0.3 is 0 Å². The molecule has 6 heteroatoms. The maximum absolute atomic E-state index is 12.5. The predicted molar refractivity (Wildman–Crippen MR) is 79.5 cm³/mol. The molecule has 112 valence electrons. The van der Waals surface area contributed by atoms with Crippen molar-refractivity contribution in [3.63, 3.8) is 0 Å². The van der Waals surface area contributed by atoms with Crippen LogP contribution >= 0.6 is 0 Å². The lowest BCUT2D eigenvalue weighted by Crippen LogP contribution is -2.38. The molecule has 0 aromatic carbocycles. The maximum Gasteiger partial charge on any atom is 0.274 e. The molecule has 0 unspecified atom stereocenters. The molecular formula is C14H25N5O. The molecule has 1 fully saturated rings. The quantitative estimate of drug-likeness (QED) is 0.889. The number of nitrogens with two attached hydrogens (primary N) is 1. The van der Waals surface area contributed by atoms with Gasteiger partial charge in [-0.25, -0.2) is 0 Å². The highest BCUT2D eigenvalue weighted by molar-refractivity contribution is 5.97. The van der Waals surface area contributed by atoms with Crippen LogP contribution < -0.4 is 5.73 Å². The summed E-state index contributed by atoms with van der Waals surface area (Å²) in [6.07, 6.45) is 3.85. The molecule has 20 heavy (non-hydrogen) atoms. The Kier molecular flexibility index (Phi) is 4.65. The second-order valence-electron chi connectivity index (χ2n) is 5.70. The van der Waals surface area contributed by atoms with E-state index in [9.17, 15) is 4.79 Å². The molecule has 0 radical (unpaired) electrons. The van der Waals surface area contributed by atoms with Crippen LogP contribution in [0.25, 0.3) is 0 Å². The Morgan fingerprint density at radius 3 is 2.75 bits per heavy atom. The average molecular weight is 279 g/mol. The van der Waals surface area contributed by atoms with Crippen molar-refractivity contribution >= 4 is 11.6 Å². The van der Waals surface area contributed by atoms with Crippen LogP contribution in [0.5, 0.6) is 0 Å². The molecule has 2 N–H and O–H groups in total. The summed E-state index contributed by atoms with van der Waals surface area (Å²) in [5.74, 6) is 0.556. The Hall–Kier alpha value is -1.56. The monoisotopic (exact) mass is 279 g/mol. The number of carbonyl (C=O) groups excluding carboxylic acids is 1. The minimum absolute atomic E-state index is 0.0271. The van der Waals surface area contributed by atoms with E-state index in [0.717, 1.165) is 32.5 Å². The van der Waals surface area contributed by atoms with Crippen LogP contribution in [0.3, 0.4) is 0 Å². The number of hydrogen-bond donors (Lipinski definition) is 1. The number of aryl methyl sites for hydroxylation is 1. The number of carbonyl (C=O) groups is 1. The number of anilines is 1. The Morgan fingerprint density at radius 2 is 2.15 bits per heavy atom. The van der Waals surface area contributed by atoms with Gasteiger partial charge in [-0.05, 0) is 45.8 Å². The molecule has 1 aromatic heterocycles. The van der Waals surface area contributed by atoms with Crippen LogP contribution in [-0.2, 0) is 6.54 Å². The molecular weight excluding hydrogens is 254 g/mol. The number of hydrogen-bond acceptors (Lipinski definition) is 4. The summed E-state index contributed by atoms with van der Waals surface area (Å²) in [7, 11) is 4.00. The van der Waals surface area contributed by atoms with Gasteiger partial charge in [0.25, 0.3) is 5.91 Å². The van der Waals surface area contributed by atoms with Crippen LogP contribution in [0.2, 0.25) is 0 Å². The first-order valence-corrected chi connectivity index (χ1v) is 7.28. The number of aromatic nitrogens is 2. The maximum atomic E-state index is 12.5. The van der Waals surface area contributed by atoms with Gasteiger partial charge in [0.1, 0.15) is 5.69 Å². The zero-order valence-electron chi connectivity index (χ0n) is 12.7. The lowest BCUT2D eigenvalue weighted by Gasteiger charge is -2.31. The molecule has 1 amide bonds. The number of amides is 1. The van der Waals surface area contributed by atoms with Crippen molar-refractivity contribution in [3.05, 3.63) is 11.9 Å². The molecule has 2 rings (SSSR count). The first-order chi connectivity index (χ1) is 9.52. The van der Waals surface area contributed by atoms with Gasteiger partial charge in [0.05, 0.1) is 11.9 Å². The van der Waals surface area contributed by atoms with E-state index < -0.39 is 0 Å². The number of rotatable bonds is 4. The van der Waals surface area contributed by atoms with Crippen LogP contribution in [0.15, 0.2) is 6.20 Å². The van der Waals surface area contributed by atoms with Gasteiger partial charge in [-0.1, -0.05) is 0 Å². The molecule has 0 spiro atoms. The Bertz CT molecular complexity index is 462. The van der Waals surface area contributed by atoms with Gasteiger partial charge in [0.15, 0.2) is 0 Å². The summed E-state index contributed by atoms with van der Waals surface area (Å²) in [4.78, 5) is 16.6. The highest BCUT2D eigenvalue weighted by Gasteiger charge is 2.24. The fraction of sp³-hybridized carbons (Fsp3) is 0.714. The van der Waals surface area contributed by atoms with Gasteiger partial charge in [-0.2, -0.15) is 5.10 Å². The summed E-state index contributed by atoms with van der Waals surface area (Å²) in [6, 6.07) is 0. The third-order valence-corrected chi connectivity index (χ3v) is 4.09. The fourth-order valence-corrected chi connectivity index (χ4v) is 2.77.